The van der Waals surface area contributed by atoms with Gasteiger partial charge in [-0.25, -0.2) is 0 Å². The Morgan fingerprint density at radius 2 is 2.31 bits per heavy atom. The molecule has 3 nitrogen and oxygen atoms in total. The highest BCUT2D eigenvalue weighted by molar-refractivity contribution is 5.67. The van der Waals surface area contributed by atoms with Crippen LogP contribution in [0.5, 0.6) is 5.75 Å². The Morgan fingerprint density at radius 1 is 1.56 bits per heavy atom. The second-order valence-electron chi connectivity index (χ2n) is 3.27. The number of benzene rings is 1. The Labute approximate surface area is 96.0 Å². The molecule has 1 aromatic carbocycles. The molecule has 1 N–H and O–H groups in total. The van der Waals surface area contributed by atoms with Gasteiger partial charge in [0.05, 0.1) is 24.4 Å². The van der Waals surface area contributed by atoms with E-state index in [1.165, 1.54) is 0 Å². The van der Waals surface area contributed by atoms with Crippen molar-refractivity contribution in [1.29, 1.82) is 5.26 Å². The number of hydrogen-bond acceptors (Lipinski definition) is 3. The largest absolute Gasteiger partial charge is 0.495 e. The van der Waals surface area contributed by atoms with Crippen molar-refractivity contribution >= 4 is 5.69 Å². The molecule has 3 heteroatoms. The first-order valence-electron chi connectivity index (χ1n) is 5.06. The van der Waals surface area contributed by atoms with Gasteiger partial charge >= 0.3 is 0 Å². The Bertz CT molecular complexity index is 440. The first-order chi connectivity index (χ1) is 7.76. The highest BCUT2D eigenvalue weighted by Crippen LogP contribution is 2.28. The van der Waals surface area contributed by atoms with Gasteiger partial charge in [0.2, 0.25) is 0 Å². The summed E-state index contributed by atoms with van der Waals surface area (Å²) in [5, 5.41) is 12.1. The Balaban J connectivity index is 3.11. The fourth-order valence-electron chi connectivity index (χ4n) is 1.38. The monoisotopic (exact) mass is 214 g/mol. The van der Waals surface area contributed by atoms with E-state index >= 15 is 0 Å². The number of nitrogens with one attached hydrogen (secondary N) is 1. The van der Waals surface area contributed by atoms with Gasteiger partial charge in [0.25, 0.3) is 0 Å². The normalized spacial score (nSPS) is 11.0. The molecule has 1 atom stereocenters. The van der Waals surface area contributed by atoms with Crippen LogP contribution >= 0.6 is 0 Å². The lowest BCUT2D eigenvalue weighted by molar-refractivity contribution is 0.416. The standard InChI is InChI=1S/C13H14N2O/c1-4-11(5-2)15-13-10(9-14)7-6-8-12(13)16-3/h1,6-8,11,15H,5H2,2-3H3. The van der Waals surface area contributed by atoms with Crippen LogP contribution in [0.2, 0.25) is 0 Å². The van der Waals surface area contributed by atoms with Crippen molar-refractivity contribution < 1.29 is 4.74 Å². The van der Waals surface area contributed by atoms with Crippen molar-refractivity contribution in [3.63, 3.8) is 0 Å². The van der Waals surface area contributed by atoms with E-state index in [4.69, 9.17) is 16.4 Å². The first-order valence-corrected chi connectivity index (χ1v) is 5.06. The van der Waals surface area contributed by atoms with E-state index in [9.17, 15) is 0 Å². The predicted molar refractivity (Wildman–Crippen MR) is 64.2 cm³/mol. The van der Waals surface area contributed by atoms with Gasteiger partial charge in [-0.2, -0.15) is 5.26 Å². The van der Waals surface area contributed by atoms with Crippen LogP contribution in [0.3, 0.4) is 0 Å². The lowest BCUT2D eigenvalue weighted by atomic mass is 10.1. The summed E-state index contributed by atoms with van der Waals surface area (Å²) in [5.41, 5.74) is 1.20. The molecule has 1 rings (SSSR count). The Hall–Kier alpha value is -2.13. The SMILES string of the molecule is C#CC(CC)Nc1c(C#N)cccc1OC. The zero-order chi connectivity index (χ0) is 12.0. The Morgan fingerprint density at radius 3 is 2.81 bits per heavy atom. The van der Waals surface area contributed by atoms with Crippen molar-refractivity contribution in [1.82, 2.24) is 0 Å². The molecular formula is C13H14N2O. The smallest absolute Gasteiger partial charge is 0.143 e. The fourth-order valence-corrected chi connectivity index (χ4v) is 1.38. The van der Waals surface area contributed by atoms with Gasteiger partial charge < -0.3 is 10.1 Å². The molecule has 0 saturated carbocycles. The minimum absolute atomic E-state index is 0.0941. The van der Waals surface area contributed by atoms with Crippen molar-refractivity contribution in [2.75, 3.05) is 12.4 Å². The molecule has 0 saturated heterocycles. The summed E-state index contributed by atoms with van der Waals surface area (Å²) in [4.78, 5) is 0. The van der Waals surface area contributed by atoms with E-state index in [1.807, 2.05) is 6.92 Å². The first kappa shape index (κ1) is 11.9. The number of methoxy groups -OCH3 is 1. The summed E-state index contributed by atoms with van der Waals surface area (Å²) >= 11 is 0. The van der Waals surface area contributed by atoms with E-state index in [2.05, 4.69) is 17.3 Å². The van der Waals surface area contributed by atoms with Crippen LogP contribution in [0, 0.1) is 23.7 Å². The van der Waals surface area contributed by atoms with Crippen LogP contribution in [0.15, 0.2) is 18.2 Å². The van der Waals surface area contributed by atoms with Gasteiger partial charge in [-0.3, -0.25) is 0 Å². The maximum Gasteiger partial charge on any atom is 0.143 e. The molecule has 0 amide bonds. The van der Waals surface area contributed by atoms with Crippen molar-refractivity contribution in [3.8, 4) is 24.2 Å². The van der Waals surface area contributed by atoms with Crippen LogP contribution in [-0.4, -0.2) is 13.2 Å². The van der Waals surface area contributed by atoms with Crippen LogP contribution in [-0.2, 0) is 0 Å². The quantitative estimate of drug-likeness (QED) is 0.783. The van der Waals surface area contributed by atoms with Crippen molar-refractivity contribution in [2.45, 2.75) is 19.4 Å². The van der Waals surface area contributed by atoms with Crippen LogP contribution in [0.1, 0.15) is 18.9 Å². The number of anilines is 1. The van der Waals surface area contributed by atoms with E-state index in [-0.39, 0.29) is 6.04 Å². The topological polar surface area (TPSA) is 45.0 Å². The molecule has 0 aromatic heterocycles. The third kappa shape index (κ3) is 2.46. The summed E-state index contributed by atoms with van der Waals surface area (Å²) in [6, 6.07) is 7.32. The molecule has 0 aliphatic heterocycles. The molecule has 0 spiro atoms. The minimum atomic E-state index is -0.0941. The molecule has 16 heavy (non-hydrogen) atoms. The van der Waals surface area contributed by atoms with Gasteiger partial charge in [0.15, 0.2) is 0 Å². The number of para-hydroxylation sites is 1. The van der Waals surface area contributed by atoms with E-state index in [1.54, 1.807) is 25.3 Å². The zero-order valence-corrected chi connectivity index (χ0v) is 9.45. The van der Waals surface area contributed by atoms with Gasteiger partial charge in [-0.05, 0) is 18.6 Å². The molecule has 0 radical (unpaired) electrons. The summed E-state index contributed by atoms with van der Waals surface area (Å²) in [7, 11) is 1.57. The lowest BCUT2D eigenvalue weighted by Crippen LogP contribution is -2.17. The molecule has 0 bridgehead atoms. The van der Waals surface area contributed by atoms with Gasteiger partial charge in [0, 0.05) is 0 Å². The van der Waals surface area contributed by atoms with Gasteiger partial charge in [-0.1, -0.05) is 18.9 Å². The summed E-state index contributed by atoms with van der Waals surface area (Å²) in [6.07, 6.45) is 6.17. The average molecular weight is 214 g/mol. The summed E-state index contributed by atoms with van der Waals surface area (Å²) in [6.45, 7) is 1.99. The molecular weight excluding hydrogens is 200 g/mol. The third-order valence-electron chi connectivity index (χ3n) is 2.29. The van der Waals surface area contributed by atoms with Crippen LogP contribution in [0.4, 0.5) is 5.69 Å². The van der Waals surface area contributed by atoms with Gasteiger partial charge in [-0.15, -0.1) is 6.42 Å². The number of nitriles is 1. The fraction of sp³-hybridized carbons (Fsp3) is 0.308. The second kappa shape index (κ2) is 5.68. The number of rotatable bonds is 4. The molecule has 1 aromatic rings. The predicted octanol–water partition coefficient (Wildman–Crippen LogP) is 2.39. The highest BCUT2D eigenvalue weighted by Gasteiger charge is 2.11. The molecule has 0 aliphatic rings. The van der Waals surface area contributed by atoms with Crippen LogP contribution < -0.4 is 10.1 Å². The molecule has 1 unspecified atom stereocenters. The van der Waals surface area contributed by atoms with Crippen LogP contribution in [0.25, 0.3) is 0 Å². The molecule has 0 heterocycles. The summed E-state index contributed by atoms with van der Waals surface area (Å²) in [5.74, 6) is 3.26. The van der Waals surface area contributed by atoms with E-state index in [0.29, 0.717) is 17.0 Å². The highest BCUT2D eigenvalue weighted by atomic mass is 16.5. The van der Waals surface area contributed by atoms with Crippen molar-refractivity contribution in [3.05, 3.63) is 23.8 Å². The third-order valence-corrected chi connectivity index (χ3v) is 2.29. The number of terminal acetylenes is 1. The summed E-state index contributed by atoms with van der Waals surface area (Å²) < 4.78 is 5.20. The van der Waals surface area contributed by atoms with E-state index in [0.717, 1.165) is 6.42 Å². The maximum atomic E-state index is 9.00. The average Bonchev–Trinajstić information content (AvgIpc) is 2.35. The second-order valence-corrected chi connectivity index (χ2v) is 3.27. The minimum Gasteiger partial charge on any atom is -0.495 e. The number of nitrogens with zero attached hydrogens (tertiary/aromatic N) is 1. The number of ether oxygens (including phenoxy) is 1. The van der Waals surface area contributed by atoms with Gasteiger partial charge in [0.1, 0.15) is 11.8 Å². The molecule has 82 valence electrons. The molecule has 0 fully saturated rings. The van der Waals surface area contributed by atoms with Crippen molar-refractivity contribution in [2.24, 2.45) is 0 Å². The zero-order valence-electron chi connectivity index (χ0n) is 9.45. The van der Waals surface area contributed by atoms with E-state index < -0.39 is 0 Å². The maximum absolute atomic E-state index is 9.00. The lowest BCUT2D eigenvalue weighted by Gasteiger charge is -2.16. The molecule has 0 aliphatic carbocycles. The number of hydrogen-bond donors (Lipinski definition) is 1. The Kier molecular flexibility index (Phi) is 4.24.